The van der Waals surface area contributed by atoms with Crippen LogP contribution in [-0.2, 0) is 0 Å². The summed E-state index contributed by atoms with van der Waals surface area (Å²) in [4.78, 5) is 0.923. The maximum Gasteiger partial charge on any atom is 0.140 e. The van der Waals surface area contributed by atoms with Crippen molar-refractivity contribution in [2.24, 2.45) is 0 Å². The summed E-state index contributed by atoms with van der Waals surface area (Å²) < 4.78 is 14.6. The molecule has 2 rings (SSSR count). The van der Waals surface area contributed by atoms with Crippen molar-refractivity contribution in [1.82, 2.24) is 9.78 Å². The molecular formula is C11H12FN3S. The van der Waals surface area contributed by atoms with Gasteiger partial charge in [-0.05, 0) is 24.0 Å². The van der Waals surface area contributed by atoms with Gasteiger partial charge in [0.1, 0.15) is 11.6 Å². The molecule has 2 aromatic rings. The van der Waals surface area contributed by atoms with E-state index >= 15 is 0 Å². The molecule has 0 bridgehead atoms. The van der Waals surface area contributed by atoms with E-state index in [1.807, 2.05) is 6.92 Å². The largest absolute Gasteiger partial charge is 0.383 e. The highest BCUT2D eigenvalue weighted by molar-refractivity contribution is 7.99. The van der Waals surface area contributed by atoms with Gasteiger partial charge < -0.3 is 5.73 Å². The van der Waals surface area contributed by atoms with Crippen molar-refractivity contribution in [3.8, 4) is 5.69 Å². The molecule has 84 valence electrons. The molecule has 2 N–H and O–H groups in total. The molecule has 1 heterocycles. The molecule has 0 aliphatic carbocycles. The number of nitrogen functional groups attached to an aromatic ring is 1. The Morgan fingerprint density at radius 3 is 3.00 bits per heavy atom. The third-order valence-electron chi connectivity index (χ3n) is 2.12. The third-order valence-corrected chi connectivity index (χ3v) is 3.04. The predicted octanol–water partition coefficient (Wildman–Crippen LogP) is 2.71. The highest BCUT2D eigenvalue weighted by Gasteiger charge is 2.08. The van der Waals surface area contributed by atoms with Crippen molar-refractivity contribution in [2.45, 2.75) is 11.8 Å². The molecule has 0 unspecified atom stereocenters. The van der Waals surface area contributed by atoms with E-state index in [4.69, 9.17) is 5.73 Å². The van der Waals surface area contributed by atoms with Gasteiger partial charge in [-0.25, -0.2) is 9.07 Å². The lowest BCUT2D eigenvalue weighted by molar-refractivity contribution is 0.625. The fourth-order valence-corrected chi connectivity index (χ4v) is 2.09. The zero-order valence-corrected chi connectivity index (χ0v) is 9.67. The van der Waals surface area contributed by atoms with Crippen molar-refractivity contribution in [3.63, 3.8) is 0 Å². The highest BCUT2D eigenvalue weighted by atomic mass is 32.2. The van der Waals surface area contributed by atoms with Gasteiger partial charge in [0.05, 0.1) is 16.8 Å². The molecule has 5 heteroatoms. The average molecular weight is 237 g/mol. The first-order valence-electron chi connectivity index (χ1n) is 4.94. The Hall–Kier alpha value is -1.49. The molecule has 0 saturated heterocycles. The van der Waals surface area contributed by atoms with Gasteiger partial charge in [0.25, 0.3) is 0 Å². The van der Waals surface area contributed by atoms with Crippen molar-refractivity contribution in [2.75, 3.05) is 11.5 Å². The molecule has 0 aliphatic heterocycles. The summed E-state index contributed by atoms with van der Waals surface area (Å²) in [6.45, 7) is 2.05. The lowest BCUT2D eigenvalue weighted by Crippen LogP contribution is -2.02. The molecule has 0 radical (unpaired) electrons. The van der Waals surface area contributed by atoms with Crippen molar-refractivity contribution >= 4 is 17.6 Å². The van der Waals surface area contributed by atoms with Crippen LogP contribution in [0.15, 0.2) is 35.4 Å². The summed E-state index contributed by atoms with van der Waals surface area (Å²) in [5.74, 6) is 1.19. The molecule has 0 spiro atoms. The van der Waals surface area contributed by atoms with Gasteiger partial charge in [0.15, 0.2) is 0 Å². The van der Waals surface area contributed by atoms with Crippen LogP contribution in [0.3, 0.4) is 0 Å². The number of aromatic nitrogens is 2. The summed E-state index contributed by atoms with van der Waals surface area (Å²) in [6, 6.07) is 6.21. The fourth-order valence-electron chi connectivity index (χ4n) is 1.42. The van der Waals surface area contributed by atoms with Crippen LogP contribution in [0.5, 0.6) is 0 Å². The number of thioether (sulfide) groups is 1. The van der Waals surface area contributed by atoms with E-state index in [-0.39, 0.29) is 5.82 Å². The smallest absolute Gasteiger partial charge is 0.140 e. The van der Waals surface area contributed by atoms with E-state index in [9.17, 15) is 4.39 Å². The zero-order chi connectivity index (χ0) is 11.5. The number of hydrogen-bond acceptors (Lipinski definition) is 3. The first kappa shape index (κ1) is 11.0. The quantitative estimate of drug-likeness (QED) is 0.835. The van der Waals surface area contributed by atoms with Gasteiger partial charge in [-0.3, -0.25) is 0 Å². The minimum atomic E-state index is -0.294. The summed E-state index contributed by atoms with van der Waals surface area (Å²) in [5.41, 5.74) is 6.57. The minimum absolute atomic E-state index is 0.294. The van der Waals surface area contributed by atoms with Crippen LogP contribution in [0, 0.1) is 5.82 Å². The number of anilines is 1. The standard InChI is InChI=1S/C11H12FN3S/c1-2-16-10-7-14-15(11(10)13)9-5-3-4-8(12)6-9/h3-7H,2,13H2,1H3. The topological polar surface area (TPSA) is 43.8 Å². The van der Waals surface area contributed by atoms with Crippen LogP contribution in [0.4, 0.5) is 10.2 Å². The highest BCUT2D eigenvalue weighted by Crippen LogP contribution is 2.26. The maximum absolute atomic E-state index is 13.1. The number of rotatable bonds is 3. The number of hydrogen-bond donors (Lipinski definition) is 1. The SMILES string of the molecule is CCSc1cnn(-c2cccc(F)c2)c1N. The fraction of sp³-hybridized carbons (Fsp3) is 0.182. The molecule has 0 fully saturated rings. The van der Waals surface area contributed by atoms with Crippen molar-refractivity contribution < 1.29 is 4.39 Å². The van der Waals surface area contributed by atoms with Gasteiger partial charge in [0, 0.05) is 0 Å². The second-order valence-electron chi connectivity index (χ2n) is 3.22. The van der Waals surface area contributed by atoms with E-state index in [0.717, 1.165) is 10.6 Å². The number of nitrogens with zero attached hydrogens (tertiary/aromatic N) is 2. The number of nitrogens with two attached hydrogens (primary N) is 1. The van der Waals surface area contributed by atoms with Crippen LogP contribution in [0.2, 0.25) is 0 Å². The average Bonchev–Trinajstić information content (AvgIpc) is 2.61. The number of halogens is 1. The molecule has 0 aliphatic rings. The van der Waals surface area contributed by atoms with E-state index < -0.39 is 0 Å². The first-order chi connectivity index (χ1) is 7.72. The van der Waals surface area contributed by atoms with Gasteiger partial charge in [-0.1, -0.05) is 13.0 Å². The van der Waals surface area contributed by atoms with Crippen LogP contribution >= 0.6 is 11.8 Å². The number of benzene rings is 1. The second kappa shape index (κ2) is 4.57. The van der Waals surface area contributed by atoms with E-state index in [2.05, 4.69) is 5.10 Å². The van der Waals surface area contributed by atoms with Crippen molar-refractivity contribution in [1.29, 1.82) is 0 Å². The minimum Gasteiger partial charge on any atom is -0.383 e. The maximum atomic E-state index is 13.1. The Bertz CT molecular complexity index is 496. The lowest BCUT2D eigenvalue weighted by atomic mass is 10.3. The van der Waals surface area contributed by atoms with E-state index in [0.29, 0.717) is 11.5 Å². The van der Waals surface area contributed by atoms with Gasteiger partial charge in [-0.2, -0.15) is 5.10 Å². The Morgan fingerprint density at radius 2 is 2.31 bits per heavy atom. The summed E-state index contributed by atoms with van der Waals surface area (Å²) in [7, 11) is 0. The molecule has 0 saturated carbocycles. The Balaban J connectivity index is 2.41. The molecular weight excluding hydrogens is 225 g/mol. The molecule has 1 aromatic heterocycles. The Morgan fingerprint density at radius 1 is 1.50 bits per heavy atom. The molecule has 3 nitrogen and oxygen atoms in total. The molecule has 0 atom stereocenters. The normalized spacial score (nSPS) is 10.6. The van der Waals surface area contributed by atoms with Crippen LogP contribution < -0.4 is 5.73 Å². The second-order valence-corrected chi connectivity index (χ2v) is 4.52. The predicted molar refractivity (Wildman–Crippen MR) is 64.3 cm³/mol. The van der Waals surface area contributed by atoms with Gasteiger partial charge in [0.2, 0.25) is 0 Å². The molecule has 16 heavy (non-hydrogen) atoms. The third kappa shape index (κ3) is 2.04. The Labute approximate surface area is 97.5 Å². The molecule has 1 aromatic carbocycles. The van der Waals surface area contributed by atoms with Gasteiger partial charge >= 0.3 is 0 Å². The zero-order valence-electron chi connectivity index (χ0n) is 8.85. The van der Waals surface area contributed by atoms with E-state index in [1.165, 1.54) is 12.1 Å². The summed E-state index contributed by atoms with van der Waals surface area (Å²) >= 11 is 1.62. The van der Waals surface area contributed by atoms with E-state index in [1.54, 1.807) is 34.8 Å². The summed E-state index contributed by atoms with van der Waals surface area (Å²) in [5, 5.41) is 4.15. The van der Waals surface area contributed by atoms with Crippen molar-refractivity contribution in [3.05, 3.63) is 36.3 Å². The Kier molecular flexibility index (Phi) is 3.14. The first-order valence-corrected chi connectivity index (χ1v) is 5.93. The molecule has 0 amide bonds. The van der Waals surface area contributed by atoms with Gasteiger partial charge in [-0.15, -0.1) is 11.8 Å². The summed E-state index contributed by atoms with van der Waals surface area (Å²) in [6.07, 6.45) is 1.70. The van der Waals surface area contributed by atoms with Crippen LogP contribution in [0.25, 0.3) is 5.69 Å². The van der Waals surface area contributed by atoms with Crippen LogP contribution in [0.1, 0.15) is 6.92 Å². The van der Waals surface area contributed by atoms with Crippen LogP contribution in [-0.4, -0.2) is 15.5 Å². The lowest BCUT2D eigenvalue weighted by Gasteiger charge is -2.04. The monoisotopic (exact) mass is 237 g/mol.